The fraction of sp³-hybridized carbons (Fsp3) is 0.231. The molecule has 1 aromatic heterocycles. The fourth-order valence-electron chi connectivity index (χ4n) is 3.31. The zero-order chi connectivity index (χ0) is 24.3. The standard InChI is InChI=1S/C26H28FN5O2/c1-26(2,3)23-17-24(32(30-23)18-8-6-5-7-9-18)29-25(33)28-22-11-10-20(16-21(22)27)34-19-12-14-31(4)15-13-19/h5-14,16-17H,15H2,1-4H3,(H2,28,29,33). The van der Waals surface area contributed by atoms with E-state index in [1.807, 2.05) is 87.5 Å². The van der Waals surface area contributed by atoms with Crippen LogP contribution in [0, 0.1) is 5.82 Å². The van der Waals surface area contributed by atoms with Gasteiger partial charge in [-0.2, -0.15) is 5.10 Å². The van der Waals surface area contributed by atoms with Crippen LogP contribution in [-0.2, 0) is 5.41 Å². The van der Waals surface area contributed by atoms with Crippen molar-refractivity contribution in [1.29, 1.82) is 0 Å². The van der Waals surface area contributed by atoms with E-state index in [9.17, 15) is 9.18 Å². The molecule has 3 aromatic rings. The molecule has 0 aliphatic carbocycles. The van der Waals surface area contributed by atoms with Crippen molar-refractivity contribution in [1.82, 2.24) is 14.7 Å². The fourth-order valence-corrected chi connectivity index (χ4v) is 3.31. The summed E-state index contributed by atoms with van der Waals surface area (Å²) in [7, 11) is 1.95. The van der Waals surface area contributed by atoms with E-state index in [1.165, 1.54) is 12.1 Å². The third kappa shape index (κ3) is 5.46. The van der Waals surface area contributed by atoms with Crippen LogP contribution < -0.4 is 15.4 Å². The molecular formula is C26H28FN5O2. The summed E-state index contributed by atoms with van der Waals surface area (Å²) in [6.07, 6.45) is 5.60. The zero-order valence-electron chi connectivity index (χ0n) is 19.7. The number of urea groups is 1. The summed E-state index contributed by atoms with van der Waals surface area (Å²) in [5.41, 5.74) is 1.45. The second-order valence-electron chi connectivity index (χ2n) is 9.10. The van der Waals surface area contributed by atoms with Gasteiger partial charge < -0.3 is 15.0 Å². The van der Waals surface area contributed by atoms with Gasteiger partial charge in [0.25, 0.3) is 0 Å². The maximum atomic E-state index is 14.7. The average molecular weight is 462 g/mol. The van der Waals surface area contributed by atoms with Crippen LogP contribution in [0.15, 0.2) is 78.7 Å². The van der Waals surface area contributed by atoms with E-state index in [-0.39, 0.29) is 11.1 Å². The molecule has 1 aliphatic rings. The first-order valence-corrected chi connectivity index (χ1v) is 11.0. The van der Waals surface area contributed by atoms with Crippen LogP contribution in [0.4, 0.5) is 20.7 Å². The predicted octanol–water partition coefficient (Wildman–Crippen LogP) is 5.67. The third-order valence-corrected chi connectivity index (χ3v) is 5.22. The maximum absolute atomic E-state index is 14.7. The number of hydrogen-bond donors (Lipinski definition) is 2. The molecule has 0 spiro atoms. The highest BCUT2D eigenvalue weighted by Crippen LogP contribution is 2.27. The van der Waals surface area contributed by atoms with E-state index in [0.29, 0.717) is 23.9 Å². The van der Waals surface area contributed by atoms with Gasteiger partial charge in [0.05, 0.1) is 17.1 Å². The molecule has 34 heavy (non-hydrogen) atoms. The van der Waals surface area contributed by atoms with Crippen LogP contribution in [-0.4, -0.2) is 34.3 Å². The van der Waals surface area contributed by atoms with Crippen molar-refractivity contribution in [3.63, 3.8) is 0 Å². The molecular weight excluding hydrogens is 433 g/mol. The minimum absolute atomic E-state index is 0.0413. The molecule has 0 fully saturated rings. The van der Waals surface area contributed by atoms with Gasteiger partial charge in [-0.3, -0.25) is 5.32 Å². The van der Waals surface area contributed by atoms with Gasteiger partial charge in [0.15, 0.2) is 0 Å². The van der Waals surface area contributed by atoms with Crippen LogP contribution in [0.1, 0.15) is 26.5 Å². The highest BCUT2D eigenvalue weighted by atomic mass is 19.1. The van der Waals surface area contributed by atoms with E-state index in [2.05, 4.69) is 15.7 Å². The number of ether oxygens (including phenoxy) is 1. The number of rotatable bonds is 5. The molecule has 0 radical (unpaired) electrons. The van der Waals surface area contributed by atoms with Gasteiger partial charge in [-0.05, 0) is 36.4 Å². The number of aromatic nitrogens is 2. The number of halogens is 1. The predicted molar refractivity (Wildman–Crippen MR) is 132 cm³/mol. The number of likely N-dealkylation sites (N-methyl/N-ethyl adjacent to an activating group) is 1. The second-order valence-corrected chi connectivity index (χ2v) is 9.10. The first-order valence-electron chi connectivity index (χ1n) is 11.0. The van der Waals surface area contributed by atoms with Crippen LogP contribution in [0.2, 0.25) is 0 Å². The first kappa shape index (κ1) is 23.1. The topological polar surface area (TPSA) is 71.4 Å². The molecule has 0 bridgehead atoms. The Labute approximate surface area is 198 Å². The highest BCUT2D eigenvalue weighted by molar-refractivity contribution is 5.99. The van der Waals surface area contributed by atoms with Crippen molar-refractivity contribution in [2.24, 2.45) is 0 Å². The molecule has 0 saturated heterocycles. The van der Waals surface area contributed by atoms with Crippen LogP contribution >= 0.6 is 0 Å². The molecule has 4 rings (SSSR count). The molecule has 0 atom stereocenters. The number of nitrogens with one attached hydrogen (secondary N) is 2. The van der Waals surface area contributed by atoms with E-state index in [4.69, 9.17) is 4.74 Å². The Kier molecular flexibility index (Phi) is 6.40. The average Bonchev–Trinajstić information content (AvgIpc) is 3.22. The summed E-state index contributed by atoms with van der Waals surface area (Å²) < 4.78 is 22.1. The number of para-hydroxylation sites is 1. The largest absolute Gasteiger partial charge is 0.457 e. The smallest absolute Gasteiger partial charge is 0.324 e. The Morgan fingerprint density at radius 1 is 1.09 bits per heavy atom. The lowest BCUT2D eigenvalue weighted by Crippen LogP contribution is -2.22. The molecule has 176 valence electrons. The normalized spacial score (nSPS) is 13.4. The minimum atomic E-state index is -0.600. The molecule has 2 amide bonds. The van der Waals surface area contributed by atoms with E-state index < -0.39 is 11.8 Å². The molecule has 7 nitrogen and oxygen atoms in total. The number of carbonyl (C=O) groups is 1. The first-order chi connectivity index (χ1) is 16.2. The number of amides is 2. The van der Waals surface area contributed by atoms with Gasteiger partial charge in [-0.15, -0.1) is 0 Å². The summed E-state index contributed by atoms with van der Waals surface area (Å²) in [6, 6.07) is 15.1. The quantitative estimate of drug-likeness (QED) is 0.513. The summed E-state index contributed by atoms with van der Waals surface area (Å²) in [4.78, 5) is 14.7. The number of carbonyl (C=O) groups excluding carboxylic acids is 1. The molecule has 0 unspecified atom stereocenters. The molecule has 1 aliphatic heterocycles. The van der Waals surface area contributed by atoms with E-state index >= 15 is 0 Å². The molecule has 2 aromatic carbocycles. The molecule has 0 saturated carbocycles. The number of anilines is 2. The zero-order valence-corrected chi connectivity index (χ0v) is 19.7. The molecule has 2 N–H and O–H groups in total. The summed E-state index contributed by atoms with van der Waals surface area (Å²) in [5, 5.41) is 10.0. The van der Waals surface area contributed by atoms with Gasteiger partial charge in [0, 0.05) is 37.3 Å². The Morgan fingerprint density at radius 3 is 2.50 bits per heavy atom. The third-order valence-electron chi connectivity index (χ3n) is 5.22. The van der Waals surface area contributed by atoms with E-state index in [0.717, 1.165) is 11.4 Å². The lowest BCUT2D eigenvalue weighted by molar-refractivity contribution is 0.262. The van der Waals surface area contributed by atoms with Crippen molar-refractivity contribution >= 4 is 17.5 Å². The van der Waals surface area contributed by atoms with Crippen molar-refractivity contribution in [2.75, 3.05) is 24.2 Å². The lowest BCUT2D eigenvalue weighted by Gasteiger charge is -2.17. The van der Waals surface area contributed by atoms with Gasteiger partial charge >= 0.3 is 6.03 Å². The van der Waals surface area contributed by atoms with Gasteiger partial charge in [0.2, 0.25) is 0 Å². The maximum Gasteiger partial charge on any atom is 0.324 e. The van der Waals surface area contributed by atoms with Gasteiger partial charge in [0.1, 0.15) is 23.1 Å². The summed E-state index contributed by atoms with van der Waals surface area (Å²) in [5.74, 6) is 0.868. The number of nitrogens with zero attached hydrogens (tertiary/aromatic N) is 3. The Bertz CT molecular complexity index is 1240. The minimum Gasteiger partial charge on any atom is -0.457 e. The summed E-state index contributed by atoms with van der Waals surface area (Å²) in [6.45, 7) is 6.85. The number of allylic oxidation sites excluding steroid dienone is 1. The molecule has 8 heteroatoms. The van der Waals surface area contributed by atoms with E-state index in [1.54, 1.807) is 10.7 Å². The van der Waals surface area contributed by atoms with Crippen molar-refractivity contribution in [2.45, 2.75) is 26.2 Å². The number of benzene rings is 2. The Morgan fingerprint density at radius 2 is 1.85 bits per heavy atom. The monoisotopic (exact) mass is 461 g/mol. The SMILES string of the molecule is CN1C=CC(Oc2ccc(NC(=O)Nc3cc(C(C)(C)C)nn3-c3ccccc3)c(F)c2)=CC1. The second kappa shape index (κ2) is 9.43. The summed E-state index contributed by atoms with van der Waals surface area (Å²) >= 11 is 0. The van der Waals surface area contributed by atoms with Crippen LogP contribution in [0.3, 0.4) is 0 Å². The lowest BCUT2D eigenvalue weighted by atomic mass is 9.92. The number of hydrogen-bond acceptors (Lipinski definition) is 4. The highest BCUT2D eigenvalue weighted by Gasteiger charge is 2.22. The van der Waals surface area contributed by atoms with Crippen molar-refractivity contribution in [3.8, 4) is 11.4 Å². The Hall–Kier alpha value is -4.07. The van der Waals surface area contributed by atoms with Crippen molar-refractivity contribution in [3.05, 3.63) is 90.2 Å². The molecule has 2 heterocycles. The Balaban J connectivity index is 1.48. The van der Waals surface area contributed by atoms with Gasteiger partial charge in [-0.25, -0.2) is 13.9 Å². The van der Waals surface area contributed by atoms with Gasteiger partial charge in [-0.1, -0.05) is 39.0 Å². The van der Waals surface area contributed by atoms with Crippen LogP contribution in [0.25, 0.3) is 5.69 Å². The van der Waals surface area contributed by atoms with Crippen molar-refractivity contribution < 1.29 is 13.9 Å². The van der Waals surface area contributed by atoms with Crippen LogP contribution in [0.5, 0.6) is 5.75 Å².